The van der Waals surface area contributed by atoms with Gasteiger partial charge in [0.05, 0.1) is 0 Å². The number of terminal acetylenes is 1. The van der Waals surface area contributed by atoms with Crippen LogP contribution in [0.4, 0.5) is 0 Å². The predicted octanol–water partition coefficient (Wildman–Crippen LogP) is 5.75. The Hall–Kier alpha value is -0.960. The highest BCUT2D eigenvalue weighted by Gasteiger charge is 2.58. The summed E-state index contributed by atoms with van der Waals surface area (Å²) >= 11 is 0. The second kappa shape index (κ2) is 4.77. The Morgan fingerprint density at radius 1 is 1.14 bits per heavy atom. The fourth-order valence-electron chi connectivity index (χ4n) is 7.08. The largest absolute Gasteiger partial charge is 0.120 e. The van der Waals surface area contributed by atoms with Crippen molar-refractivity contribution in [1.82, 2.24) is 0 Å². The lowest BCUT2D eigenvalue weighted by molar-refractivity contribution is -0.0390. The molecule has 0 amide bonds. The van der Waals surface area contributed by atoms with Crippen molar-refractivity contribution >= 4 is 0 Å². The van der Waals surface area contributed by atoms with Gasteiger partial charge in [-0.2, -0.15) is 0 Å². The van der Waals surface area contributed by atoms with Crippen LogP contribution < -0.4 is 0 Å². The van der Waals surface area contributed by atoms with Crippen LogP contribution in [-0.4, -0.2) is 0 Å². The van der Waals surface area contributed by atoms with Crippen molar-refractivity contribution in [2.75, 3.05) is 0 Å². The van der Waals surface area contributed by atoms with Gasteiger partial charge in [-0.25, -0.2) is 0 Å². The Labute approximate surface area is 136 Å². The highest BCUT2D eigenvalue weighted by Crippen LogP contribution is 2.66. The fourth-order valence-corrected chi connectivity index (χ4v) is 7.08. The summed E-state index contributed by atoms with van der Waals surface area (Å²) < 4.78 is 0. The van der Waals surface area contributed by atoms with E-state index in [0.29, 0.717) is 16.7 Å². The molecule has 22 heavy (non-hydrogen) atoms. The molecular weight excluding hydrogens is 264 g/mol. The van der Waals surface area contributed by atoms with Crippen LogP contribution in [0.1, 0.15) is 65.7 Å². The van der Waals surface area contributed by atoms with Crippen LogP contribution in [0.3, 0.4) is 0 Å². The highest BCUT2D eigenvalue weighted by atomic mass is 14.6. The van der Waals surface area contributed by atoms with E-state index >= 15 is 0 Å². The molecule has 0 saturated heterocycles. The van der Waals surface area contributed by atoms with Crippen LogP contribution in [0.5, 0.6) is 0 Å². The maximum atomic E-state index is 5.88. The minimum atomic E-state index is 0.438. The van der Waals surface area contributed by atoms with E-state index in [2.05, 4.69) is 38.8 Å². The van der Waals surface area contributed by atoms with Crippen LogP contribution in [-0.2, 0) is 0 Å². The lowest BCUT2D eigenvalue weighted by atomic mass is 9.47. The molecule has 0 heterocycles. The van der Waals surface area contributed by atoms with Crippen molar-refractivity contribution in [3.63, 3.8) is 0 Å². The summed E-state index contributed by atoms with van der Waals surface area (Å²) in [4.78, 5) is 0. The van der Waals surface area contributed by atoms with Gasteiger partial charge in [0.2, 0.25) is 0 Å². The smallest absolute Gasteiger partial charge is 0.0256 e. The van der Waals surface area contributed by atoms with Crippen LogP contribution in [0.15, 0.2) is 23.3 Å². The number of hydrogen-bond donors (Lipinski definition) is 0. The molecule has 3 saturated carbocycles. The summed E-state index contributed by atoms with van der Waals surface area (Å²) in [5.41, 5.74) is 4.23. The Morgan fingerprint density at radius 2 is 1.95 bits per heavy atom. The van der Waals surface area contributed by atoms with Crippen molar-refractivity contribution in [1.29, 1.82) is 0 Å². The van der Waals surface area contributed by atoms with Gasteiger partial charge >= 0.3 is 0 Å². The van der Waals surface area contributed by atoms with E-state index in [1.165, 1.54) is 44.9 Å². The van der Waals surface area contributed by atoms with Crippen LogP contribution in [0.2, 0.25) is 0 Å². The minimum Gasteiger partial charge on any atom is -0.120 e. The minimum absolute atomic E-state index is 0.438. The third-order valence-corrected chi connectivity index (χ3v) is 8.26. The average Bonchev–Trinajstić information content (AvgIpc) is 2.83. The van der Waals surface area contributed by atoms with Crippen molar-refractivity contribution in [2.24, 2.45) is 34.5 Å². The van der Waals surface area contributed by atoms with Crippen molar-refractivity contribution < 1.29 is 0 Å². The molecule has 0 aromatic heterocycles. The average molecular weight is 294 g/mol. The molecule has 3 fully saturated rings. The van der Waals surface area contributed by atoms with E-state index in [1.807, 2.05) is 0 Å². The molecule has 0 radical (unpaired) electrons. The Morgan fingerprint density at radius 3 is 2.73 bits per heavy atom. The monoisotopic (exact) mass is 294 g/mol. The van der Waals surface area contributed by atoms with E-state index in [1.54, 1.807) is 11.1 Å². The summed E-state index contributed by atoms with van der Waals surface area (Å²) in [6, 6.07) is 0. The molecule has 0 spiro atoms. The lowest BCUT2D eigenvalue weighted by Crippen LogP contribution is -2.49. The zero-order valence-electron chi connectivity index (χ0n) is 14.5. The van der Waals surface area contributed by atoms with Crippen molar-refractivity contribution in [2.45, 2.75) is 65.7 Å². The summed E-state index contributed by atoms with van der Waals surface area (Å²) in [6.07, 6.45) is 20.1. The molecule has 0 N–H and O–H groups in total. The molecule has 4 aliphatic carbocycles. The molecule has 118 valence electrons. The third kappa shape index (κ3) is 1.72. The van der Waals surface area contributed by atoms with E-state index in [9.17, 15) is 0 Å². The van der Waals surface area contributed by atoms with Gasteiger partial charge in [0, 0.05) is 5.92 Å². The van der Waals surface area contributed by atoms with Crippen LogP contribution in [0, 0.1) is 46.8 Å². The molecule has 0 heteroatoms. The molecule has 0 nitrogen and oxygen atoms in total. The normalized spacial score (nSPS) is 50.1. The predicted molar refractivity (Wildman–Crippen MR) is 93.2 cm³/mol. The number of hydrogen-bond acceptors (Lipinski definition) is 0. The van der Waals surface area contributed by atoms with Gasteiger partial charge in [-0.3, -0.25) is 0 Å². The molecule has 0 aliphatic heterocycles. The van der Waals surface area contributed by atoms with Gasteiger partial charge in [-0.1, -0.05) is 37.1 Å². The number of fused-ring (bicyclic) bond motifs is 5. The lowest BCUT2D eigenvalue weighted by Gasteiger charge is -2.57. The van der Waals surface area contributed by atoms with Crippen LogP contribution in [0.25, 0.3) is 0 Å². The first-order valence-electron chi connectivity index (χ1n) is 9.33. The molecule has 0 aromatic carbocycles. The first-order valence-corrected chi connectivity index (χ1v) is 9.33. The van der Waals surface area contributed by atoms with Crippen LogP contribution >= 0.6 is 0 Å². The maximum absolute atomic E-state index is 5.88. The molecular formula is C22H30. The second-order valence-corrected chi connectivity index (χ2v) is 8.94. The third-order valence-electron chi connectivity index (χ3n) is 8.26. The maximum Gasteiger partial charge on any atom is 0.0256 e. The van der Waals surface area contributed by atoms with E-state index in [0.717, 1.165) is 17.8 Å². The van der Waals surface area contributed by atoms with Gasteiger partial charge < -0.3 is 0 Å². The molecule has 0 unspecified atom stereocenters. The fraction of sp³-hybridized carbons (Fsp3) is 0.727. The van der Waals surface area contributed by atoms with E-state index in [-0.39, 0.29) is 0 Å². The summed E-state index contributed by atoms with van der Waals surface area (Å²) in [5, 5.41) is 0. The first-order chi connectivity index (χ1) is 10.5. The summed E-state index contributed by atoms with van der Waals surface area (Å²) in [6.45, 7) is 7.42. The SMILES string of the molecule is C#C[C@@H]1CC[C@H]2[C@@H]3CCC4=C(C)C=CC[C@]4(C)[C@H]3CC[C@]12C. The van der Waals surface area contributed by atoms with Gasteiger partial charge in [-0.15, -0.1) is 12.3 Å². The van der Waals surface area contributed by atoms with Gasteiger partial charge in [0.25, 0.3) is 0 Å². The topological polar surface area (TPSA) is 0 Å². The zero-order chi connectivity index (χ0) is 15.5. The number of allylic oxidation sites excluding steroid dienone is 4. The Bertz CT molecular complexity index is 586. The highest BCUT2D eigenvalue weighted by molar-refractivity contribution is 5.36. The Kier molecular flexibility index (Phi) is 3.17. The zero-order valence-corrected chi connectivity index (χ0v) is 14.5. The standard InChI is InChI=1S/C22H30/c1-5-16-8-10-19-17-9-11-18-15(2)7-6-13-22(18,4)20(17)12-14-21(16,19)3/h1,6-7,16-17,19-20H,8-14H2,2-4H3/t16-,17+,19+,20+,21-,22+/m1/s1. The molecule has 0 bridgehead atoms. The van der Waals surface area contributed by atoms with Gasteiger partial charge in [0.15, 0.2) is 0 Å². The molecule has 0 aromatic rings. The number of rotatable bonds is 0. The first kappa shape index (κ1) is 14.6. The molecule has 6 atom stereocenters. The quantitative estimate of drug-likeness (QED) is 0.499. The van der Waals surface area contributed by atoms with Crippen molar-refractivity contribution in [3.8, 4) is 12.3 Å². The molecule has 4 rings (SSSR count). The van der Waals surface area contributed by atoms with E-state index < -0.39 is 0 Å². The second-order valence-electron chi connectivity index (χ2n) is 8.94. The summed E-state index contributed by atoms with van der Waals surface area (Å²) in [5.74, 6) is 6.39. The van der Waals surface area contributed by atoms with E-state index in [4.69, 9.17) is 6.42 Å². The Balaban J connectivity index is 1.70. The molecule has 4 aliphatic rings. The van der Waals surface area contributed by atoms with Crippen molar-refractivity contribution in [3.05, 3.63) is 23.3 Å². The van der Waals surface area contributed by atoms with Gasteiger partial charge in [0.1, 0.15) is 0 Å². The summed E-state index contributed by atoms with van der Waals surface area (Å²) in [7, 11) is 0. The van der Waals surface area contributed by atoms with Gasteiger partial charge in [-0.05, 0) is 80.5 Å².